The van der Waals surface area contributed by atoms with Crippen LogP contribution in [0.4, 0.5) is 10.1 Å². The molecule has 0 heterocycles. The molecule has 0 aromatic heterocycles. The van der Waals surface area contributed by atoms with E-state index in [4.69, 9.17) is 15.6 Å². The van der Waals surface area contributed by atoms with Crippen molar-refractivity contribution in [1.29, 1.82) is 0 Å². The Morgan fingerprint density at radius 2 is 2.29 bits per heavy atom. The third-order valence-electron chi connectivity index (χ3n) is 3.58. The second-order valence-corrected chi connectivity index (χ2v) is 5.17. The van der Waals surface area contributed by atoms with E-state index in [1.54, 1.807) is 0 Å². The van der Waals surface area contributed by atoms with Gasteiger partial charge in [0, 0.05) is 6.42 Å². The SMILES string of the molecule is NC1(C(=O)O)CCCC(Oc2ccc(F)cc2[N+](=O)[O-])C1. The minimum atomic E-state index is -1.39. The Balaban J connectivity index is 2.19. The summed E-state index contributed by atoms with van der Waals surface area (Å²) in [5.74, 6) is -1.94. The van der Waals surface area contributed by atoms with Crippen LogP contribution in [0.25, 0.3) is 0 Å². The summed E-state index contributed by atoms with van der Waals surface area (Å²) in [4.78, 5) is 21.3. The Kier molecular flexibility index (Phi) is 4.08. The van der Waals surface area contributed by atoms with Gasteiger partial charge in [0.1, 0.15) is 17.5 Å². The number of carbonyl (C=O) groups is 1. The molecule has 1 fully saturated rings. The van der Waals surface area contributed by atoms with Crippen LogP contribution in [0, 0.1) is 15.9 Å². The summed E-state index contributed by atoms with van der Waals surface area (Å²) in [5, 5.41) is 20.0. The number of nitrogens with two attached hydrogens (primary N) is 1. The second-order valence-electron chi connectivity index (χ2n) is 5.17. The van der Waals surface area contributed by atoms with Gasteiger partial charge >= 0.3 is 11.7 Å². The van der Waals surface area contributed by atoms with Crippen LogP contribution in [0.3, 0.4) is 0 Å². The first kappa shape index (κ1) is 15.2. The summed E-state index contributed by atoms with van der Waals surface area (Å²) in [5.41, 5.74) is 3.92. The highest BCUT2D eigenvalue weighted by atomic mass is 19.1. The van der Waals surface area contributed by atoms with Gasteiger partial charge in [-0.2, -0.15) is 0 Å². The third-order valence-corrected chi connectivity index (χ3v) is 3.58. The molecule has 3 N–H and O–H groups in total. The minimum Gasteiger partial charge on any atom is -0.483 e. The molecule has 0 aliphatic heterocycles. The molecule has 0 amide bonds. The number of nitrogens with zero attached hydrogens (tertiary/aromatic N) is 1. The molecule has 2 atom stereocenters. The summed E-state index contributed by atoms with van der Waals surface area (Å²) in [6, 6.07) is 2.99. The molecule has 1 aromatic rings. The van der Waals surface area contributed by atoms with E-state index in [1.807, 2.05) is 0 Å². The molecule has 2 rings (SSSR count). The molecule has 1 aliphatic rings. The molecular formula is C13H15FN2O5. The average Bonchev–Trinajstić information content (AvgIpc) is 2.40. The number of benzene rings is 1. The lowest BCUT2D eigenvalue weighted by Gasteiger charge is -2.34. The van der Waals surface area contributed by atoms with Gasteiger partial charge in [-0.1, -0.05) is 0 Å². The van der Waals surface area contributed by atoms with E-state index in [1.165, 1.54) is 6.07 Å². The topological polar surface area (TPSA) is 116 Å². The molecular weight excluding hydrogens is 283 g/mol. The number of hydrogen-bond donors (Lipinski definition) is 2. The van der Waals surface area contributed by atoms with E-state index in [0.29, 0.717) is 19.3 Å². The van der Waals surface area contributed by atoms with Crippen molar-refractivity contribution in [1.82, 2.24) is 0 Å². The van der Waals surface area contributed by atoms with Crippen molar-refractivity contribution in [3.63, 3.8) is 0 Å². The summed E-state index contributed by atoms with van der Waals surface area (Å²) < 4.78 is 18.6. The maximum absolute atomic E-state index is 13.1. The largest absolute Gasteiger partial charge is 0.483 e. The van der Waals surface area contributed by atoms with Crippen molar-refractivity contribution in [2.24, 2.45) is 5.73 Å². The molecule has 0 spiro atoms. The highest BCUT2D eigenvalue weighted by molar-refractivity contribution is 5.78. The van der Waals surface area contributed by atoms with Crippen molar-refractivity contribution in [3.05, 3.63) is 34.1 Å². The van der Waals surface area contributed by atoms with Crippen LogP contribution in [0.1, 0.15) is 25.7 Å². The maximum Gasteiger partial charge on any atom is 0.323 e. The highest BCUT2D eigenvalue weighted by Gasteiger charge is 2.40. The van der Waals surface area contributed by atoms with E-state index in [2.05, 4.69) is 0 Å². The first-order chi connectivity index (χ1) is 9.82. The molecule has 7 nitrogen and oxygen atoms in total. The van der Waals surface area contributed by atoms with Gasteiger partial charge in [-0.25, -0.2) is 4.39 Å². The summed E-state index contributed by atoms with van der Waals surface area (Å²) >= 11 is 0. The highest BCUT2D eigenvalue weighted by Crippen LogP contribution is 2.33. The number of rotatable bonds is 4. The quantitative estimate of drug-likeness (QED) is 0.647. The number of carboxylic acids is 1. The summed E-state index contributed by atoms with van der Waals surface area (Å²) in [6.07, 6.45) is 0.914. The van der Waals surface area contributed by atoms with Crippen LogP contribution >= 0.6 is 0 Å². The van der Waals surface area contributed by atoms with Gasteiger partial charge in [0.05, 0.1) is 11.0 Å². The molecule has 1 aliphatic carbocycles. The van der Waals surface area contributed by atoms with Crippen molar-refractivity contribution in [2.75, 3.05) is 0 Å². The fraction of sp³-hybridized carbons (Fsp3) is 0.462. The number of halogens is 1. The van der Waals surface area contributed by atoms with Gasteiger partial charge in [0.15, 0.2) is 5.75 Å². The third kappa shape index (κ3) is 3.27. The second kappa shape index (κ2) is 5.65. The van der Waals surface area contributed by atoms with E-state index >= 15 is 0 Å². The first-order valence-corrected chi connectivity index (χ1v) is 6.45. The Bertz CT molecular complexity index is 580. The molecule has 0 saturated heterocycles. The Labute approximate surface area is 119 Å². The van der Waals surface area contributed by atoms with Crippen LogP contribution in [-0.2, 0) is 4.79 Å². The van der Waals surface area contributed by atoms with E-state index < -0.39 is 34.0 Å². The maximum atomic E-state index is 13.1. The molecule has 2 unspecified atom stereocenters. The lowest BCUT2D eigenvalue weighted by atomic mass is 9.81. The first-order valence-electron chi connectivity index (χ1n) is 6.45. The fourth-order valence-corrected chi connectivity index (χ4v) is 2.46. The molecule has 114 valence electrons. The minimum absolute atomic E-state index is 0.0524. The molecule has 0 radical (unpaired) electrons. The molecule has 21 heavy (non-hydrogen) atoms. The Morgan fingerprint density at radius 3 is 2.90 bits per heavy atom. The van der Waals surface area contributed by atoms with Crippen LogP contribution in [-0.4, -0.2) is 27.6 Å². The van der Waals surface area contributed by atoms with Crippen molar-refractivity contribution >= 4 is 11.7 Å². The summed E-state index contributed by atoms with van der Waals surface area (Å²) in [7, 11) is 0. The van der Waals surface area contributed by atoms with Gasteiger partial charge in [0.2, 0.25) is 0 Å². The monoisotopic (exact) mass is 298 g/mol. The van der Waals surface area contributed by atoms with Crippen molar-refractivity contribution < 1.29 is 24.0 Å². The Morgan fingerprint density at radius 1 is 1.57 bits per heavy atom. The van der Waals surface area contributed by atoms with E-state index in [-0.39, 0.29) is 12.2 Å². The summed E-state index contributed by atoms with van der Waals surface area (Å²) in [6.45, 7) is 0. The van der Waals surface area contributed by atoms with Gasteiger partial charge in [0.25, 0.3) is 0 Å². The van der Waals surface area contributed by atoms with Crippen molar-refractivity contribution in [3.8, 4) is 5.75 Å². The number of aliphatic carboxylic acids is 1. The number of nitro groups is 1. The van der Waals surface area contributed by atoms with Gasteiger partial charge in [-0.15, -0.1) is 0 Å². The van der Waals surface area contributed by atoms with Crippen molar-refractivity contribution in [2.45, 2.75) is 37.3 Å². The average molecular weight is 298 g/mol. The zero-order valence-electron chi connectivity index (χ0n) is 11.1. The number of nitro benzene ring substituents is 1. The smallest absolute Gasteiger partial charge is 0.323 e. The zero-order chi connectivity index (χ0) is 15.6. The molecule has 8 heteroatoms. The molecule has 1 aromatic carbocycles. The number of carboxylic acid groups (broad SMARTS) is 1. The lowest BCUT2D eigenvalue weighted by molar-refractivity contribution is -0.386. The van der Waals surface area contributed by atoms with E-state index in [0.717, 1.165) is 12.1 Å². The van der Waals surface area contributed by atoms with Crippen LogP contribution in [0.15, 0.2) is 18.2 Å². The number of ether oxygens (including phenoxy) is 1. The Hall–Kier alpha value is -2.22. The normalized spacial score (nSPS) is 25.3. The van der Waals surface area contributed by atoms with Gasteiger partial charge in [-0.05, 0) is 31.4 Å². The number of hydrogen-bond acceptors (Lipinski definition) is 5. The predicted octanol–water partition coefficient (Wildman–Crippen LogP) is 1.84. The van der Waals surface area contributed by atoms with Crippen LogP contribution in [0.2, 0.25) is 0 Å². The van der Waals surface area contributed by atoms with Crippen LogP contribution < -0.4 is 10.5 Å². The lowest BCUT2D eigenvalue weighted by Crippen LogP contribution is -2.53. The van der Waals surface area contributed by atoms with Crippen LogP contribution in [0.5, 0.6) is 5.75 Å². The standard InChI is InChI=1S/C13H15FN2O5/c14-8-3-4-11(10(6-8)16(19)20)21-9-2-1-5-13(15,7-9)12(17)18/h3-4,6,9H,1-2,5,7,15H2,(H,17,18). The van der Waals surface area contributed by atoms with Gasteiger partial charge < -0.3 is 15.6 Å². The molecule has 1 saturated carbocycles. The molecule has 0 bridgehead atoms. The predicted molar refractivity (Wildman–Crippen MR) is 70.5 cm³/mol. The zero-order valence-corrected chi connectivity index (χ0v) is 11.1. The fourth-order valence-electron chi connectivity index (χ4n) is 2.46. The van der Waals surface area contributed by atoms with E-state index in [9.17, 15) is 19.3 Å². The van der Waals surface area contributed by atoms with Gasteiger partial charge in [-0.3, -0.25) is 14.9 Å².